The number of piperidine rings is 1. The van der Waals surface area contributed by atoms with Crippen molar-refractivity contribution in [3.63, 3.8) is 0 Å². The molecule has 2 aliphatic rings. The lowest BCUT2D eigenvalue weighted by Gasteiger charge is -2.29. The summed E-state index contributed by atoms with van der Waals surface area (Å²) in [6.07, 6.45) is 4.70. The Kier molecular flexibility index (Phi) is 2.40. The Morgan fingerprint density at radius 2 is 2.21 bits per heavy atom. The average Bonchev–Trinajstić information content (AvgIpc) is 3.24. The second-order valence-electron chi connectivity index (χ2n) is 5.70. The van der Waals surface area contributed by atoms with Gasteiger partial charge >= 0.3 is 0 Å². The Labute approximate surface area is 113 Å². The Bertz CT molecular complexity index is 625. The molecule has 1 aliphatic heterocycles. The molecule has 0 amide bonds. The summed E-state index contributed by atoms with van der Waals surface area (Å²) in [7, 11) is 1.72. The monoisotopic (exact) mass is 254 g/mol. The second kappa shape index (κ2) is 4.12. The van der Waals surface area contributed by atoms with E-state index >= 15 is 0 Å². The zero-order valence-corrected chi connectivity index (χ0v) is 11.2. The minimum Gasteiger partial charge on any atom is -0.497 e. The molecule has 0 radical (unpaired) electrons. The van der Waals surface area contributed by atoms with Crippen LogP contribution in [-0.4, -0.2) is 25.2 Å². The number of anilines is 1. The molecule has 1 aromatic carbocycles. The van der Waals surface area contributed by atoms with E-state index in [1.54, 1.807) is 7.11 Å². The topological polar surface area (TPSA) is 25.4 Å². The van der Waals surface area contributed by atoms with Crippen LogP contribution < -0.4 is 9.64 Å². The number of methoxy groups -OCH3 is 1. The predicted octanol–water partition coefficient (Wildman–Crippen LogP) is 3.09. The molecule has 0 N–H and O–H groups in total. The van der Waals surface area contributed by atoms with Crippen LogP contribution in [0.5, 0.6) is 5.75 Å². The molecule has 2 heterocycles. The van der Waals surface area contributed by atoms with E-state index in [4.69, 9.17) is 4.74 Å². The van der Waals surface area contributed by atoms with Gasteiger partial charge in [0, 0.05) is 30.4 Å². The zero-order valence-electron chi connectivity index (χ0n) is 11.2. The molecule has 98 valence electrons. The van der Waals surface area contributed by atoms with Crippen LogP contribution in [0.25, 0.3) is 10.9 Å². The van der Waals surface area contributed by atoms with Crippen LogP contribution in [0.15, 0.2) is 30.5 Å². The molecule has 1 aromatic heterocycles. The Morgan fingerprint density at radius 3 is 3.05 bits per heavy atom. The number of rotatable bonds is 2. The fraction of sp³-hybridized carbons (Fsp3) is 0.438. The standard InChI is InChI=1S/C16H18N2O/c1-19-13-2-3-15-14(9-13)16(4-6-17-15)18-7-5-11-8-12(11)10-18/h2-4,6,9,11-12H,5,7-8,10H2,1H3. The van der Waals surface area contributed by atoms with Gasteiger partial charge in [0.05, 0.1) is 12.6 Å². The van der Waals surface area contributed by atoms with E-state index in [0.29, 0.717) is 0 Å². The first-order valence-electron chi connectivity index (χ1n) is 7.03. The number of hydrogen-bond acceptors (Lipinski definition) is 3. The Balaban J connectivity index is 1.79. The van der Waals surface area contributed by atoms with E-state index < -0.39 is 0 Å². The molecular formula is C16H18N2O. The SMILES string of the molecule is COc1ccc2nccc(N3CCC4CC4C3)c2c1. The Morgan fingerprint density at radius 1 is 1.26 bits per heavy atom. The molecule has 1 aliphatic carbocycles. The van der Waals surface area contributed by atoms with E-state index in [-0.39, 0.29) is 0 Å². The first-order chi connectivity index (χ1) is 9.35. The minimum absolute atomic E-state index is 0.906. The molecule has 2 unspecified atom stereocenters. The van der Waals surface area contributed by atoms with E-state index in [0.717, 1.165) is 23.1 Å². The summed E-state index contributed by atoms with van der Waals surface area (Å²) in [5.74, 6) is 2.85. The molecule has 4 rings (SSSR count). The van der Waals surface area contributed by atoms with Gasteiger partial charge < -0.3 is 9.64 Å². The third-order valence-electron chi connectivity index (χ3n) is 4.56. The van der Waals surface area contributed by atoms with Gasteiger partial charge in [-0.05, 0) is 48.9 Å². The summed E-state index contributed by atoms with van der Waals surface area (Å²) < 4.78 is 5.35. The fourth-order valence-electron chi connectivity index (χ4n) is 3.32. The molecule has 3 nitrogen and oxygen atoms in total. The van der Waals surface area contributed by atoms with Crippen molar-refractivity contribution in [3.05, 3.63) is 30.5 Å². The molecule has 1 saturated heterocycles. The van der Waals surface area contributed by atoms with Gasteiger partial charge in [-0.2, -0.15) is 0 Å². The lowest BCUT2D eigenvalue weighted by molar-refractivity contribution is 0.415. The third kappa shape index (κ3) is 1.84. The number of fused-ring (bicyclic) bond motifs is 2. The van der Waals surface area contributed by atoms with Gasteiger partial charge in [0.1, 0.15) is 5.75 Å². The molecule has 19 heavy (non-hydrogen) atoms. The van der Waals surface area contributed by atoms with Gasteiger partial charge in [-0.15, -0.1) is 0 Å². The summed E-state index contributed by atoms with van der Waals surface area (Å²) in [6, 6.07) is 8.27. The van der Waals surface area contributed by atoms with Crippen molar-refractivity contribution in [1.82, 2.24) is 4.98 Å². The number of hydrogen-bond donors (Lipinski definition) is 0. The summed E-state index contributed by atoms with van der Waals surface area (Å²) in [5, 5.41) is 1.21. The van der Waals surface area contributed by atoms with Gasteiger partial charge in [0.25, 0.3) is 0 Å². The van der Waals surface area contributed by atoms with Crippen molar-refractivity contribution in [2.75, 3.05) is 25.1 Å². The highest BCUT2D eigenvalue weighted by Gasteiger charge is 2.41. The van der Waals surface area contributed by atoms with Crippen LogP contribution in [0, 0.1) is 11.8 Å². The number of pyridine rings is 1. The molecule has 1 saturated carbocycles. The molecule has 2 fully saturated rings. The molecule has 0 bridgehead atoms. The van der Waals surface area contributed by atoms with Crippen molar-refractivity contribution < 1.29 is 4.74 Å². The van der Waals surface area contributed by atoms with Crippen LogP contribution in [-0.2, 0) is 0 Å². The molecule has 3 heteroatoms. The number of aromatic nitrogens is 1. The Hall–Kier alpha value is -1.77. The summed E-state index contributed by atoms with van der Waals surface area (Å²) in [4.78, 5) is 6.98. The molecule has 2 aromatic rings. The number of nitrogens with zero attached hydrogens (tertiary/aromatic N) is 2. The summed E-state index contributed by atoms with van der Waals surface area (Å²) >= 11 is 0. The van der Waals surface area contributed by atoms with Crippen molar-refractivity contribution in [1.29, 1.82) is 0 Å². The highest BCUT2D eigenvalue weighted by atomic mass is 16.5. The normalized spacial score (nSPS) is 25.2. The van der Waals surface area contributed by atoms with Gasteiger partial charge in [-0.1, -0.05) is 0 Å². The van der Waals surface area contributed by atoms with Crippen molar-refractivity contribution in [2.45, 2.75) is 12.8 Å². The lowest BCUT2D eigenvalue weighted by Crippen LogP contribution is -2.31. The first kappa shape index (κ1) is 11.1. The maximum atomic E-state index is 5.35. The van der Waals surface area contributed by atoms with Crippen LogP contribution in [0.3, 0.4) is 0 Å². The predicted molar refractivity (Wildman–Crippen MR) is 76.7 cm³/mol. The molecule has 0 spiro atoms. The van der Waals surface area contributed by atoms with Gasteiger partial charge in [-0.3, -0.25) is 4.98 Å². The lowest BCUT2D eigenvalue weighted by atomic mass is 10.1. The quantitative estimate of drug-likeness (QED) is 0.823. The van der Waals surface area contributed by atoms with Gasteiger partial charge in [-0.25, -0.2) is 0 Å². The maximum Gasteiger partial charge on any atom is 0.119 e. The highest BCUT2D eigenvalue weighted by Crippen LogP contribution is 2.46. The zero-order chi connectivity index (χ0) is 12.8. The van der Waals surface area contributed by atoms with E-state index in [2.05, 4.69) is 22.0 Å². The number of benzene rings is 1. The average molecular weight is 254 g/mol. The first-order valence-corrected chi connectivity index (χ1v) is 7.03. The van der Waals surface area contributed by atoms with Crippen LogP contribution in [0.1, 0.15) is 12.8 Å². The van der Waals surface area contributed by atoms with Crippen molar-refractivity contribution in [3.8, 4) is 5.75 Å². The third-order valence-corrected chi connectivity index (χ3v) is 4.56. The second-order valence-corrected chi connectivity index (χ2v) is 5.70. The van der Waals surface area contributed by atoms with Crippen LogP contribution >= 0.6 is 0 Å². The summed E-state index contributed by atoms with van der Waals surface area (Å²) in [6.45, 7) is 2.39. The van der Waals surface area contributed by atoms with E-state index in [1.165, 1.54) is 37.0 Å². The van der Waals surface area contributed by atoms with Crippen molar-refractivity contribution >= 4 is 16.6 Å². The van der Waals surface area contributed by atoms with Gasteiger partial charge in [0.15, 0.2) is 0 Å². The molecular weight excluding hydrogens is 236 g/mol. The fourth-order valence-corrected chi connectivity index (χ4v) is 3.32. The van der Waals surface area contributed by atoms with Crippen LogP contribution in [0.4, 0.5) is 5.69 Å². The largest absolute Gasteiger partial charge is 0.497 e. The molecule has 2 atom stereocenters. The van der Waals surface area contributed by atoms with E-state index in [1.807, 2.05) is 18.3 Å². The van der Waals surface area contributed by atoms with Crippen LogP contribution in [0.2, 0.25) is 0 Å². The summed E-state index contributed by atoms with van der Waals surface area (Å²) in [5.41, 5.74) is 2.37. The smallest absolute Gasteiger partial charge is 0.119 e. The number of ether oxygens (including phenoxy) is 1. The van der Waals surface area contributed by atoms with E-state index in [9.17, 15) is 0 Å². The van der Waals surface area contributed by atoms with Gasteiger partial charge in [0.2, 0.25) is 0 Å². The van der Waals surface area contributed by atoms with Crippen molar-refractivity contribution in [2.24, 2.45) is 11.8 Å². The minimum atomic E-state index is 0.906. The maximum absolute atomic E-state index is 5.35. The highest BCUT2D eigenvalue weighted by molar-refractivity contribution is 5.92.